The number of fused-ring (bicyclic) bond motifs is 1. The number of carbonyl (C=O) groups excluding carboxylic acids is 1. The number of rotatable bonds is 6. The number of hydrogen-bond donors (Lipinski definition) is 1. The minimum atomic E-state index is -0.697. The molecule has 0 atom stereocenters. The molecule has 0 unspecified atom stereocenters. The van der Waals surface area contributed by atoms with Gasteiger partial charge in [0.25, 0.3) is 0 Å². The van der Waals surface area contributed by atoms with E-state index in [0.29, 0.717) is 25.2 Å². The summed E-state index contributed by atoms with van der Waals surface area (Å²) in [5.41, 5.74) is 3.82. The fourth-order valence-corrected chi connectivity index (χ4v) is 4.63. The van der Waals surface area contributed by atoms with Gasteiger partial charge in [-0.05, 0) is 42.5 Å². The molecule has 4 aromatic rings. The molecule has 5 rings (SSSR count). The third-order valence-corrected chi connectivity index (χ3v) is 6.59. The summed E-state index contributed by atoms with van der Waals surface area (Å²) >= 11 is 1.62. The van der Waals surface area contributed by atoms with E-state index in [1.54, 1.807) is 11.3 Å². The van der Waals surface area contributed by atoms with Crippen LogP contribution in [0.4, 0.5) is 0 Å². The minimum absolute atomic E-state index is 0.0319. The van der Waals surface area contributed by atoms with Crippen molar-refractivity contribution < 1.29 is 9.21 Å². The van der Waals surface area contributed by atoms with Gasteiger partial charge in [-0.3, -0.25) is 4.79 Å². The summed E-state index contributed by atoms with van der Waals surface area (Å²) in [5.74, 6) is 0.382. The molecule has 2 heterocycles. The molecule has 1 aliphatic rings. The standard InChI is InChI=1S/C23H19N5O2S/c1-14-16(15-5-3-2-4-6-15)7-8-17-22(14)31-21(25-17)12-20-28-27-19(30-20)11-18(29)26-23(13-24)9-10-23/h2-8H,9-12H2,1H3,(H,26,29). The predicted octanol–water partition coefficient (Wildman–Crippen LogP) is 3.96. The second kappa shape index (κ2) is 7.60. The third kappa shape index (κ3) is 3.92. The summed E-state index contributed by atoms with van der Waals surface area (Å²) in [5, 5.41) is 20.7. The third-order valence-electron chi connectivity index (χ3n) is 5.40. The summed E-state index contributed by atoms with van der Waals surface area (Å²) in [6.45, 7) is 2.11. The first-order valence-electron chi connectivity index (χ1n) is 10.0. The molecule has 2 aromatic carbocycles. The first-order valence-corrected chi connectivity index (χ1v) is 10.8. The van der Waals surface area contributed by atoms with Crippen LogP contribution >= 0.6 is 11.3 Å². The van der Waals surface area contributed by atoms with Gasteiger partial charge in [0.1, 0.15) is 17.0 Å². The second-order valence-corrected chi connectivity index (χ2v) is 8.83. The van der Waals surface area contributed by atoms with Gasteiger partial charge in [0.15, 0.2) is 0 Å². The average Bonchev–Trinajstić information content (AvgIpc) is 3.20. The monoisotopic (exact) mass is 429 g/mol. The molecule has 0 spiro atoms. The Hall–Kier alpha value is -3.57. The Morgan fingerprint density at radius 3 is 2.71 bits per heavy atom. The Balaban J connectivity index is 1.31. The van der Waals surface area contributed by atoms with E-state index >= 15 is 0 Å². The lowest BCUT2D eigenvalue weighted by Gasteiger charge is -2.06. The number of aromatic nitrogens is 3. The van der Waals surface area contributed by atoms with E-state index < -0.39 is 5.54 Å². The number of amides is 1. The molecule has 7 nitrogen and oxygen atoms in total. The largest absolute Gasteiger partial charge is 0.424 e. The number of aryl methyl sites for hydroxylation is 1. The van der Waals surface area contributed by atoms with E-state index in [-0.39, 0.29) is 18.2 Å². The van der Waals surface area contributed by atoms with Crippen molar-refractivity contribution in [3.63, 3.8) is 0 Å². The quantitative estimate of drug-likeness (QED) is 0.497. The molecule has 0 bridgehead atoms. The lowest BCUT2D eigenvalue weighted by molar-refractivity contribution is -0.121. The first kappa shape index (κ1) is 19.4. The van der Waals surface area contributed by atoms with Crippen LogP contribution in [0.15, 0.2) is 46.9 Å². The molecule has 0 radical (unpaired) electrons. The van der Waals surface area contributed by atoms with Gasteiger partial charge < -0.3 is 9.73 Å². The van der Waals surface area contributed by atoms with Gasteiger partial charge in [-0.1, -0.05) is 36.4 Å². The van der Waals surface area contributed by atoms with Crippen LogP contribution in [-0.2, 0) is 17.6 Å². The summed E-state index contributed by atoms with van der Waals surface area (Å²) in [7, 11) is 0. The maximum Gasteiger partial charge on any atom is 0.230 e. The van der Waals surface area contributed by atoms with Crippen molar-refractivity contribution in [2.45, 2.75) is 38.1 Å². The van der Waals surface area contributed by atoms with E-state index in [0.717, 1.165) is 15.2 Å². The van der Waals surface area contributed by atoms with E-state index in [9.17, 15) is 4.79 Å². The van der Waals surface area contributed by atoms with Gasteiger partial charge in [0, 0.05) is 0 Å². The maximum absolute atomic E-state index is 12.1. The number of carbonyl (C=O) groups is 1. The SMILES string of the molecule is Cc1c(-c2ccccc2)ccc2nc(Cc3nnc(CC(=O)NC4(C#N)CC4)o3)sc12. The fraction of sp³-hybridized carbons (Fsp3) is 0.261. The zero-order valence-electron chi connectivity index (χ0n) is 16.9. The summed E-state index contributed by atoms with van der Waals surface area (Å²) < 4.78 is 6.79. The summed E-state index contributed by atoms with van der Waals surface area (Å²) in [6, 6.07) is 16.6. The lowest BCUT2D eigenvalue weighted by atomic mass is 10.0. The van der Waals surface area contributed by atoms with Gasteiger partial charge in [-0.25, -0.2) is 4.98 Å². The highest BCUT2D eigenvalue weighted by Gasteiger charge is 2.44. The lowest BCUT2D eigenvalue weighted by Crippen LogP contribution is -2.36. The second-order valence-electron chi connectivity index (χ2n) is 7.75. The van der Waals surface area contributed by atoms with Crippen molar-refractivity contribution in [1.82, 2.24) is 20.5 Å². The maximum atomic E-state index is 12.1. The molecule has 1 saturated carbocycles. The molecule has 1 amide bonds. The number of nitrogens with one attached hydrogen (secondary N) is 1. The predicted molar refractivity (Wildman–Crippen MR) is 116 cm³/mol. The molecular formula is C23H19N5O2S. The van der Waals surface area contributed by atoms with E-state index in [1.165, 1.54) is 16.7 Å². The molecule has 1 fully saturated rings. The van der Waals surface area contributed by atoms with E-state index in [2.05, 4.69) is 46.7 Å². The molecule has 1 N–H and O–H groups in total. The number of hydrogen-bond acceptors (Lipinski definition) is 7. The molecule has 0 saturated heterocycles. The zero-order valence-corrected chi connectivity index (χ0v) is 17.7. The average molecular weight is 430 g/mol. The smallest absolute Gasteiger partial charge is 0.230 e. The fourth-order valence-electron chi connectivity index (χ4n) is 3.57. The van der Waals surface area contributed by atoms with Crippen LogP contribution in [0.3, 0.4) is 0 Å². The number of thiazole rings is 1. The van der Waals surface area contributed by atoms with Gasteiger partial charge in [-0.2, -0.15) is 5.26 Å². The van der Waals surface area contributed by atoms with Crippen LogP contribution in [0.2, 0.25) is 0 Å². The number of benzene rings is 2. The van der Waals surface area contributed by atoms with Crippen LogP contribution in [0.1, 0.15) is 35.2 Å². The Bertz CT molecular complexity index is 1310. The molecule has 1 aliphatic carbocycles. The van der Waals surface area contributed by atoms with Crippen molar-refractivity contribution in [1.29, 1.82) is 5.26 Å². The van der Waals surface area contributed by atoms with Crippen molar-refractivity contribution >= 4 is 27.5 Å². The molecule has 2 aromatic heterocycles. The Kier molecular flexibility index (Phi) is 4.75. The van der Waals surface area contributed by atoms with Gasteiger partial charge in [-0.15, -0.1) is 21.5 Å². The van der Waals surface area contributed by atoms with Crippen LogP contribution in [0.5, 0.6) is 0 Å². The normalized spacial score (nSPS) is 14.3. The van der Waals surface area contributed by atoms with Crippen LogP contribution in [-0.4, -0.2) is 26.6 Å². The topological polar surface area (TPSA) is 105 Å². The number of nitrogens with zero attached hydrogens (tertiary/aromatic N) is 4. The highest BCUT2D eigenvalue weighted by atomic mass is 32.1. The van der Waals surface area contributed by atoms with E-state index in [4.69, 9.17) is 14.7 Å². The van der Waals surface area contributed by atoms with Crippen LogP contribution in [0, 0.1) is 18.3 Å². The highest BCUT2D eigenvalue weighted by Crippen LogP contribution is 2.35. The Morgan fingerprint density at radius 2 is 1.97 bits per heavy atom. The van der Waals surface area contributed by atoms with Gasteiger partial charge in [0.05, 0.1) is 22.7 Å². The zero-order chi connectivity index (χ0) is 21.4. The summed E-state index contributed by atoms with van der Waals surface area (Å²) in [4.78, 5) is 16.8. The van der Waals surface area contributed by atoms with Crippen LogP contribution in [0.25, 0.3) is 21.3 Å². The molecule has 31 heavy (non-hydrogen) atoms. The van der Waals surface area contributed by atoms with Crippen molar-refractivity contribution in [2.24, 2.45) is 0 Å². The summed E-state index contributed by atoms with van der Waals surface area (Å²) in [6.07, 6.45) is 1.76. The first-order chi connectivity index (χ1) is 15.0. The van der Waals surface area contributed by atoms with Crippen molar-refractivity contribution in [3.8, 4) is 17.2 Å². The molecule has 0 aliphatic heterocycles. The highest BCUT2D eigenvalue weighted by molar-refractivity contribution is 7.18. The van der Waals surface area contributed by atoms with Crippen LogP contribution < -0.4 is 5.32 Å². The Labute approximate surface area is 182 Å². The minimum Gasteiger partial charge on any atom is -0.424 e. The molecule has 8 heteroatoms. The molecule has 154 valence electrons. The Morgan fingerprint density at radius 1 is 1.19 bits per heavy atom. The number of nitriles is 1. The van der Waals surface area contributed by atoms with E-state index in [1.807, 2.05) is 24.3 Å². The van der Waals surface area contributed by atoms with Gasteiger partial charge >= 0.3 is 0 Å². The van der Waals surface area contributed by atoms with Gasteiger partial charge in [0.2, 0.25) is 17.7 Å². The molecular weight excluding hydrogens is 410 g/mol. The van der Waals surface area contributed by atoms with Crippen molar-refractivity contribution in [3.05, 3.63) is 64.8 Å². The van der Waals surface area contributed by atoms with Crippen molar-refractivity contribution in [2.75, 3.05) is 0 Å².